The van der Waals surface area contributed by atoms with Crippen LogP contribution < -0.4 is 4.74 Å². The number of halogens is 1. The number of amides is 1. The minimum Gasteiger partial charge on any atom is -0.484 e. The smallest absolute Gasteiger partial charge is 0.219 e. The first-order valence-electron chi connectivity index (χ1n) is 9.52. The average molecular weight is 368 g/mol. The molecule has 142 valence electrons. The molecule has 4 nitrogen and oxygen atoms in total. The summed E-state index contributed by atoms with van der Waals surface area (Å²) >= 11 is 0. The Kier molecular flexibility index (Phi) is 4.87. The topological polar surface area (TPSA) is 32.8 Å². The molecular weight excluding hydrogens is 343 g/mol. The largest absolute Gasteiger partial charge is 0.484 e. The van der Waals surface area contributed by atoms with E-state index in [1.807, 2.05) is 41.3 Å². The summed E-state index contributed by atoms with van der Waals surface area (Å²) < 4.78 is 19.7. The zero-order valence-electron chi connectivity index (χ0n) is 15.7. The van der Waals surface area contributed by atoms with Crippen molar-refractivity contribution in [3.05, 3.63) is 65.5 Å². The number of para-hydroxylation sites is 1. The molecule has 4 rings (SSSR count). The molecule has 0 aliphatic carbocycles. The number of rotatable bonds is 2. The van der Waals surface area contributed by atoms with Crippen LogP contribution in [0.4, 0.5) is 4.39 Å². The fourth-order valence-corrected chi connectivity index (χ4v) is 4.22. The van der Waals surface area contributed by atoms with Crippen LogP contribution in [0.15, 0.2) is 48.5 Å². The van der Waals surface area contributed by atoms with Crippen LogP contribution in [0.3, 0.4) is 0 Å². The molecule has 2 heterocycles. The third kappa shape index (κ3) is 3.98. The Morgan fingerprint density at radius 1 is 1.15 bits per heavy atom. The van der Waals surface area contributed by atoms with Crippen molar-refractivity contribution in [1.29, 1.82) is 0 Å². The number of piperidine rings is 1. The number of carbonyl (C=O) groups excluding carboxylic acids is 1. The molecule has 2 aromatic rings. The van der Waals surface area contributed by atoms with Crippen molar-refractivity contribution in [3.8, 4) is 5.75 Å². The van der Waals surface area contributed by atoms with Crippen molar-refractivity contribution in [2.75, 3.05) is 19.6 Å². The molecule has 0 aromatic heterocycles. The van der Waals surface area contributed by atoms with Crippen LogP contribution in [-0.4, -0.2) is 40.9 Å². The van der Waals surface area contributed by atoms with Crippen LogP contribution in [0, 0.1) is 5.82 Å². The summed E-state index contributed by atoms with van der Waals surface area (Å²) in [5, 5.41) is 0. The van der Waals surface area contributed by atoms with Crippen LogP contribution in [0.5, 0.6) is 5.75 Å². The summed E-state index contributed by atoms with van der Waals surface area (Å²) in [5.41, 5.74) is 1.74. The van der Waals surface area contributed by atoms with E-state index in [-0.39, 0.29) is 11.7 Å². The molecule has 0 unspecified atom stereocenters. The number of carbonyl (C=O) groups is 1. The van der Waals surface area contributed by atoms with Crippen LogP contribution >= 0.6 is 0 Å². The van der Waals surface area contributed by atoms with Gasteiger partial charge in [0, 0.05) is 32.1 Å². The van der Waals surface area contributed by atoms with Gasteiger partial charge in [-0.25, -0.2) is 4.39 Å². The molecule has 0 N–H and O–H groups in total. The number of ether oxygens (including phenoxy) is 1. The van der Waals surface area contributed by atoms with Crippen LogP contribution in [0.1, 0.15) is 30.9 Å². The van der Waals surface area contributed by atoms with Crippen molar-refractivity contribution in [2.45, 2.75) is 38.5 Å². The van der Waals surface area contributed by atoms with Gasteiger partial charge < -0.3 is 9.64 Å². The zero-order valence-corrected chi connectivity index (χ0v) is 15.7. The van der Waals surface area contributed by atoms with Crippen molar-refractivity contribution in [1.82, 2.24) is 9.80 Å². The van der Waals surface area contributed by atoms with Crippen LogP contribution in [-0.2, 0) is 17.9 Å². The van der Waals surface area contributed by atoms with Gasteiger partial charge in [0.15, 0.2) is 0 Å². The number of likely N-dealkylation sites (tertiary alicyclic amines) is 1. The first kappa shape index (κ1) is 18.0. The lowest BCUT2D eigenvalue weighted by atomic mass is 9.91. The van der Waals surface area contributed by atoms with Gasteiger partial charge in [0.2, 0.25) is 5.91 Å². The Hall–Kier alpha value is -2.40. The van der Waals surface area contributed by atoms with E-state index in [0.717, 1.165) is 49.4 Å². The highest BCUT2D eigenvalue weighted by Crippen LogP contribution is 2.35. The number of fused-ring (bicyclic) bond motifs is 1. The first-order chi connectivity index (χ1) is 13.0. The second-order valence-corrected chi connectivity index (χ2v) is 7.71. The Bertz CT molecular complexity index is 823. The van der Waals surface area contributed by atoms with E-state index in [2.05, 4.69) is 4.90 Å². The minimum atomic E-state index is -0.406. The third-order valence-electron chi connectivity index (χ3n) is 5.52. The van der Waals surface area contributed by atoms with Gasteiger partial charge in [0.1, 0.15) is 17.2 Å². The van der Waals surface area contributed by atoms with Crippen molar-refractivity contribution < 1.29 is 13.9 Å². The van der Waals surface area contributed by atoms with Crippen molar-refractivity contribution in [2.24, 2.45) is 0 Å². The fourth-order valence-electron chi connectivity index (χ4n) is 4.22. The Morgan fingerprint density at radius 3 is 2.70 bits per heavy atom. The maximum Gasteiger partial charge on any atom is 0.219 e. The molecule has 1 atom stereocenters. The number of nitrogens with zero attached hydrogens (tertiary/aromatic N) is 2. The van der Waals surface area contributed by atoms with Crippen LogP contribution in [0.25, 0.3) is 0 Å². The second kappa shape index (κ2) is 7.31. The molecule has 0 bridgehead atoms. The quantitative estimate of drug-likeness (QED) is 0.812. The number of benzene rings is 2. The highest BCUT2D eigenvalue weighted by molar-refractivity contribution is 5.73. The van der Waals surface area contributed by atoms with Gasteiger partial charge in [0.25, 0.3) is 0 Å². The molecular formula is C22H25FN2O2. The highest BCUT2D eigenvalue weighted by Gasteiger charge is 2.42. The van der Waals surface area contributed by atoms with E-state index >= 15 is 0 Å². The minimum absolute atomic E-state index is 0.0744. The van der Waals surface area contributed by atoms with Gasteiger partial charge in [-0.3, -0.25) is 9.69 Å². The van der Waals surface area contributed by atoms with Gasteiger partial charge in [-0.2, -0.15) is 0 Å². The monoisotopic (exact) mass is 368 g/mol. The van der Waals surface area contributed by atoms with E-state index in [0.29, 0.717) is 13.1 Å². The zero-order chi connectivity index (χ0) is 18.9. The molecule has 5 heteroatoms. The summed E-state index contributed by atoms with van der Waals surface area (Å²) in [6.07, 6.45) is 1.93. The molecule has 1 amide bonds. The summed E-state index contributed by atoms with van der Waals surface area (Å²) in [6, 6.07) is 14.7. The first-order valence-corrected chi connectivity index (χ1v) is 9.52. The molecule has 0 radical (unpaired) electrons. The lowest BCUT2D eigenvalue weighted by Crippen LogP contribution is -2.57. The summed E-state index contributed by atoms with van der Waals surface area (Å²) in [5.74, 6) is 0.741. The molecule has 27 heavy (non-hydrogen) atoms. The average Bonchev–Trinajstić information content (AvgIpc) is 2.80. The third-order valence-corrected chi connectivity index (χ3v) is 5.52. The normalized spacial score (nSPS) is 22.8. The summed E-state index contributed by atoms with van der Waals surface area (Å²) in [4.78, 5) is 16.5. The van der Waals surface area contributed by atoms with Gasteiger partial charge >= 0.3 is 0 Å². The Labute approximate surface area is 159 Å². The predicted molar refractivity (Wildman–Crippen MR) is 102 cm³/mol. The van der Waals surface area contributed by atoms with E-state index in [4.69, 9.17) is 4.74 Å². The van der Waals surface area contributed by atoms with Gasteiger partial charge in [-0.1, -0.05) is 30.3 Å². The van der Waals surface area contributed by atoms with Crippen LogP contribution in [0.2, 0.25) is 0 Å². The van der Waals surface area contributed by atoms with Gasteiger partial charge in [0.05, 0.1) is 6.54 Å². The van der Waals surface area contributed by atoms with Crippen molar-refractivity contribution in [3.63, 3.8) is 0 Å². The Balaban J connectivity index is 1.58. The van der Waals surface area contributed by atoms with Crippen molar-refractivity contribution >= 4 is 5.91 Å². The summed E-state index contributed by atoms with van der Waals surface area (Å²) in [7, 11) is 0. The second-order valence-electron chi connectivity index (χ2n) is 7.71. The molecule has 0 saturated carbocycles. The summed E-state index contributed by atoms with van der Waals surface area (Å²) in [6.45, 7) is 5.29. The fraction of sp³-hybridized carbons (Fsp3) is 0.409. The highest BCUT2D eigenvalue weighted by atomic mass is 19.1. The maximum absolute atomic E-state index is 13.2. The van der Waals surface area contributed by atoms with Gasteiger partial charge in [-0.05, 0) is 43.1 Å². The van der Waals surface area contributed by atoms with E-state index in [1.54, 1.807) is 6.92 Å². The molecule has 1 fully saturated rings. The molecule has 1 saturated heterocycles. The molecule has 2 aromatic carbocycles. The molecule has 2 aliphatic rings. The number of hydrogen-bond donors (Lipinski definition) is 0. The van der Waals surface area contributed by atoms with E-state index in [9.17, 15) is 9.18 Å². The maximum atomic E-state index is 13.2. The van der Waals surface area contributed by atoms with Gasteiger partial charge in [-0.15, -0.1) is 0 Å². The SMILES string of the molecule is CC(=O)N1Cc2ccccc2O[C@@]2(CCCN(Cc3ccc(F)cc3)C2)C1. The standard InChI is InChI=1S/C22H25FN2O2/c1-17(26)25-14-19-5-2-3-6-21(19)27-22(16-25)11-4-12-24(15-22)13-18-7-9-20(23)10-8-18/h2-3,5-10H,4,11-16H2,1H3/t22-/m1/s1. The lowest BCUT2D eigenvalue weighted by molar-refractivity contribution is -0.133. The van der Waals surface area contributed by atoms with E-state index in [1.165, 1.54) is 12.1 Å². The number of hydrogen-bond acceptors (Lipinski definition) is 3. The van der Waals surface area contributed by atoms with E-state index < -0.39 is 5.60 Å². The molecule has 1 spiro atoms. The predicted octanol–water partition coefficient (Wildman–Crippen LogP) is 3.60. The lowest BCUT2D eigenvalue weighted by Gasteiger charge is -2.43. The molecule has 2 aliphatic heterocycles. The Morgan fingerprint density at radius 2 is 1.93 bits per heavy atom.